The molecule has 156 valence electrons. The van der Waals surface area contributed by atoms with Crippen molar-refractivity contribution in [2.24, 2.45) is 0 Å². The number of benzene rings is 1. The average Bonchev–Trinajstić information content (AvgIpc) is 2.61. The zero-order valence-corrected chi connectivity index (χ0v) is 15.7. The van der Waals surface area contributed by atoms with Gasteiger partial charge in [0, 0.05) is 0 Å². The van der Waals surface area contributed by atoms with E-state index in [1.165, 1.54) is 0 Å². The fourth-order valence-electron chi connectivity index (χ4n) is 2.77. The number of rotatable bonds is 6. The third kappa shape index (κ3) is 5.10. The van der Waals surface area contributed by atoms with Crippen LogP contribution in [0.1, 0.15) is 18.1 Å². The minimum atomic E-state index is -1.86. The highest BCUT2D eigenvalue weighted by atomic mass is 16.7. The first kappa shape index (κ1) is 21.9. The Morgan fingerprint density at radius 3 is 2.32 bits per heavy atom. The summed E-state index contributed by atoms with van der Waals surface area (Å²) < 4.78 is 15.5. The molecule has 6 atom stereocenters. The number of aliphatic hydroxyl groups excluding tert-OH is 3. The van der Waals surface area contributed by atoms with Crippen LogP contribution in [0.2, 0.25) is 0 Å². The lowest BCUT2D eigenvalue weighted by atomic mass is 9.99. The fraction of sp³-hybridized carbons (Fsp3) is 0.556. The second kappa shape index (κ2) is 9.20. The lowest BCUT2D eigenvalue weighted by Crippen LogP contribution is -2.61. The van der Waals surface area contributed by atoms with Crippen molar-refractivity contribution in [3.8, 4) is 5.75 Å². The molecule has 1 saturated heterocycles. The minimum Gasteiger partial charge on any atom is -0.491 e. The number of nitrogens with one attached hydrogen (secondary N) is 1. The molecule has 1 amide bonds. The third-order valence-electron chi connectivity index (χ3n) is 4.29. The average molecular weight is 399 g/mol. The van der Waals surface area contributed by atoms with Crippen LogP contribution in [-0.4, -0.2) is 75.8 Å². The van der Waals surface area contributed by atoms with Gasteiger partial charge in [0.05, 0.1) is 6.04 Å². The van der Waals surface area contributed by atoms with E-state index in [0.717, 1.165) is 11.1 Å². The Hall–Kier alpha value is -2.40. The summed E-state index contributed by atoms with van der Waals surface area (Å²) in [6.45, 7) is 5.59. The van der Waals surface area contributed by atoms with Crippen LogP contribution in [0.5, 0.6) is 5.75 Å². The zero-order chi connectivity index (χ0) is 21.0. The van der Waals surface area contributed by atoms with E-state index in [1.807, 2.05) is 32.0 Å². The predicted octanol–water partition coefficient (Wildman–Crippen LogP) is -0.311. The van der Waals surface area contributed by atoms with Gasteiger partial charge in [-0.3, -0.25) is 0 Å². The van der Waals surface area contributed by atoms with Crippen LogP contribution in [0.15, 0.2) is 18.2 Å². The standard InChI is InChI=1S/C18H25NO9/c1-8-5-4-6-9(2)14(8)26-7-10(3)19-18(25)28-17-13(22)11(20)12(21)15(27-17)16(23)24/h4-6,10-13,15,17,20-22H,7H2,1-3H3,(H,19,25)(H,23,24)/t10?,11?,12-,13?,15?,17+/m1/s1. The van der Waals surface area contributed by atoms with Gasteiger partial charge in [-0.1, -0.05) is 18.2 Å². The SMILES string of the molecule is Cc1cccc(C)c1OCC(C)NC(=O)O[C@@H]1OC(C(=O)O)[C@H](O)C(O)C1O. The minimum absolute atomic E-state index is 0.133. The van der Waals surface area contributed by atoms with Gasteiger partial charge in [-0.15, -0.1) is 0 Å². The lowest BCUT2D eigenvalue weighted by molar-refractivity contribution is -0.278. The number of aliphatic carboxylic acids is 1. The zero-order valence-electron chi connectivity index (χ0n) is 15.7. The number of ether oxygens (including phenoxy) is 3. The molecule has 10 nitrogen and oxygen atoms in total. The topological polar surface area (TPSA) is 155 Å². The van der Waals surface area contributed by atoms with Crippen LogP contribution < -0.4 is 10.1 Å². The molecule has 5 N–H and O–H groups in total. The van der Waals surface area contributed by atoms with Crippen molar-refractivity contribution in [2.75, 3.05) is 6.61 Å². The molecule has 2 rings (SSSR count). The Kier molecular flexibility index (Phi) is 7.19. The van der Waals surface area contributed by atoms with E-state index in [1.54, 1.807) is 6.92 Å². The Bertz CT molecular complexity index is 690. The number of para-hydroxylation sites is 1. The number of hydrogen-bond acceptors (Lipinski definition) is 8. The maximum absolute atomic E-state index is 12.0. The molecule has 1 aromatic rings. The summed E-state index contributed by atoms with van der Waals surface area (Å²) in [5.74, 6) is -0.861. The highest BCUT2D eigenvalue weighted by molar-refractivity contribution is 5.73. The molecular formula is C18H25NO9. The maximum Gasteiger partial charge on any atom is 0.409 e. The third-order valence-corrected chi connectivity index (χ3v) is 4.29. The number of alkyl carbamates (subject to hydrolysis) is 1. The number of carboxylic acids is 1. The van der Waals surface area contributed by atoms with Gasteiger partial charge >= 0.3 is 12.1 Å². The van der Waals surface area contributed by atoms with E-state index in [0.29, 0.717) is 5.75 Å². The molecule has 0 aromatic heterocycles. The van der Waals surface area contributed by atoms with Gasteiger partial charge in [-0.25, -0.2) is 9.59 Å². The Morgan fingerprint density at radius 1 is 1.14 bits per heavy atom. The summed E-state index contributed by atoms with van der Waals surface area (Å²) in [6, 6.07) is 5.21. The van der Waals surface area contributed by atoms with Crippen molar-refractivity contribution < 1.29 is 44.2 Å². The van der Waals surface area contributed by atoms with E-state index >= 15 is 0 Å². The van der Waals surface area contributed by atoms with Crippen LogP contribution in [0.25, 0.3) is 0 Å². The molecule has 0 saturated carbocycles. The molecule has 0 aliphatic carbocycles. The Morgan fingerprint density at radius 2 is 1.75 bits per heavy atom. The molecular weight excluding hydrogens is 374 g/mol. The van der Waals surface area contributed by atoms with Crippen LogP contribution in [0.4, 0.5) is 4.79 Å². The second-order valence-corrected chi connectivity index (χ2v) is 6.72. The number of amides is 1. The van der Waals surface area contributed by atoms with E-state index in [4.69, 9.17) is 19.3 Å². The molecule has 0 radical (unpaired) electrons. The molecule has 1 aliphatic rings. The Labute approximate surface area is 161 Å². The predicted molar refractivity (Wildman–Crippen MR) is 94.8 cm³/mol. The maximum atomic E-state index is 12.0. The lowest BCUT2D eigenvalue weighted by Gasteiger charge is -2.38. The van der Waals surface area contributed by atoms with E-state index < -0.39 is 48.8 Å². The molecule has 0 spiro atoms. The van der Waals surface area contributed by atoms with Crippen LogP contribution >= 0.6 is 0 Å². The van der Waals surface area contributed by atoms with Gasteiger partial charge in [-0.2, -0.15) is 0 Å². The molecule has 1 aromatic carbocycles. The highest BCUT2D eigenvalue weighted by Crippen LogP contribution is 2.23. The molecule has 1 aliphatic heterocycles. The number of carbonyl (C=O) groups excluding carboxylic acids is 1. The normalized spacial score (nSPS) is 28.3. The van der Waals surface area contributed by atoms with Crippen molar-refractivity contribution in [1.29, 1.82) is 0 Å². The second-order valence-electron chi connectivity index (χ2n) is 6.72. The van der Waals surface area contributed by atoms with Gasteiger partial charge in [0.1, 0.15) is 30.7 Å². The van der Waals surface area contributed by atoms with Gasteiger partial charge in [0.15, 0.2) is 6.10 Å². The van der Waals surface area contributed by atoms with Crippen LogP contribution in [0, 0.1) is 13.8 Å². The monoisotopic (exact) mass is 399 g/mol. The summed E-state index contributed by atoms with van der Waals surface area (Å²) in [7, 11) is 0. The molecule has 1 fully saturated rings. The van der Waals surface area contributed by atoms with Crippen molar-refractivity contribution in [2.45, 2.75) is 57.5 Å². The smallest absolute Gasteiger partial charge is 0.409 e. The fourth-order valence-corrected chi connectivity index (χ4v) is 2.77. The number of carbonyl (C=O) groups is 2. The molecule has 10 heteroatoms. The van der Waals surface area contributed by atoms with E-state index in [2.05, 4.69) is 5.32 Å². The number of aryl methyl sites for hydroxylation is 2. The molecule has 4 unspecified atom stereocenters. The van der Waals surface area contributed by atoms with Gasteiger partial charge in [0.2, 0.25) is 6.29 Å². The van der Waals surface area contributed by atoms with E-state index in [9.17, 15) is 24.9 Å². The summed E-state index contributed by atoms with van der Waals surface area (Å²) in [5, 5.41) is 40.6. The number of aliphatic hydroxyl groups is 3. The summed E-state index contributed by atoms with van der Waals surface area (Å²) in [6.07, 6.45) is -10.1. The molecule has 1 heterocycles. The molecule has 0 bridgehead atoms. The van der Waals surface area contributed by atoms with Crippen molar-refractivity contribution in [1.82, 2.24) is 5.32 Å². The van der Waals surface area contributed by atoms with Gasteiger partial charge < -0.3 is 40.0 Å². The highest BCUT2D eigenvalue weighted by Gasteiger charge is 2.48. The van der Waals surface area contributed by atoms with Crippen molar-refractivity contribution in [3.05, 3.63) is 29.3 Å². The summed E-state index contributed by atoms with van der Waals surface area (Å²) >= 11 is 0. The quantitative estimate of drug-likeness (QED) is 0.433. The van der Waals surface area contributed by atoms with Crippen molar-refractivity contribution >= 4 is 12.1 Å². The van der Waals surface area contributed by atoms with Crippen LogP contribution in [0.3, 0.4) is 0 Å². The first-order valence-corrected chi connectivity index (χ1v) is 8.70. The summed E-state index contributed by atoms with van der Waals surface area (Å²) in [5.41, 5.74) is 1.89. The van der Waals surface area contributed by atoms with Crippen LogP contribution in [-0.2, 0) is 14.3 Å². The largest absolute Gasteiger partial charge is 0.491 e. The number of carboxylic acid groups (broad SMARTS) is 1. The summed E-state index contributed by atoms with van der Waals surface area (Å²) in [4.78, 5) is 23.1. The Balaban J connectivity index is 1.89. The van der Waals surface area contributed by atoms with Gasteiger partial charge in [-0.05, 0) is 31.9 Å². The number of hydrogen-bond donors (Lipinski definition) is 5. The first-order valence-electron chi connectivity index (χ1n) is 8.70. The van der Waals surface area contributed by atoms with Gasteiger partial charge in [0.25, 0.3) is 0 Å². The van der Waals surface area contributed by atoms with E-state index in [-0.39, 0.29) is 6.61 Å². The molecule has 28 heavy (non-hydrogen) atoms. The van der Waals surface area contributed by atoms with Crippen molar-refractivity contribution in [3.63, 3.8) is 0 Å². The first-order chi connectivity index (χ1) is 13.1.